The van der Waals surface area contributed by atoms with Gasteiger partial charge in [-0.15, -0.1) is 0 Å². The van der Waals surface area contributed by atoms with Crippen LogP contribution in [0, 0.1) is 10.8 Å². The lowest BCUT2D eigenvalue weighted by Gasteiger charge is -2.25. The molecule has 86 valence electrons. The number of likely N-dealkylation sites (tertiary alicyclic amines) is 1. The zero-order valence-corrected chi connectivity index (χ0v) is 9.92. The summed E-state index contributed by atoms with van der Waals surface area (Å²) in [5, 5.41) is 9.37. The van der Waals surface area contributed by atoms with E-state index in [1.807, 2.05) is 0 Å². The molecule has 2 atom stereocenters. The Morgan fingerprint density at radius 3 is 2.47 bits per heavy atom. The van der Waals surface area contributed by atoms with Gasteiger partial charge in [0, 0.05) is 6.04 Å². The van der Waals surface area contributed by atoms with Gasteiger partial charge in [-0.1, -0.05) is 13.8 Å². The van der Waals surface area contributed by atoms with Crippen molar-refractivity contribution in [1.29, 1.82) is 0 Å². The van der Waals surface area contributed by atoms with Crippen LogP contribution in [0.1, 0.15) is 39.5 Å². The van der Waals surface area contributed by atoms with Gasteiger partial charge < -0.3 is 10.0 Å². The molecule has 0 amide bonds. The fraction of sp³-hybridized carbons (Fsp3) is 0.917. The van der Waals surface area contributed by atoms with E-state index in [0.29, 0.717) is 6.04 Å². The summed E-state index contributed by atoms with van der Waals surface area (Å²) in [5.41, 5.74) is -0.432. The molecule has 1 aliphatic heterocycles. The van der Waals surface area contributed by atoms with E-state index < -0.39 is 11.4 Å². The van der Waals surface area contributed by atoms with E-state index >= 15 is 0 Å². The first-order valence-electron chi connectivity index (χ1n) is 5.83. The molecular weight excluding hydrogens is 190 g/mol. The van der Waals surface area contributed by atoms with E-state index in [0.717, 1.165) is 19.4 Å². The number of nitrogens with zero attached hydrogens (tertiary/aromatic N) is 1. The number of aliphatic carboxylic acids is 1. The second-order valence-corrected chi connectivity index (χ2v) is 5.93. The van der Waals surface area contributed by atoms with Crippen LogP contribution in [-0.4, -0.2) is 35.6 Å². The fourth-order valence-electron chi connectivity index (χ4n) is 3.15. The highest BCUT2D eigenvalue weighted by Crippen LogP contribution is 2.66. The maximum absolute atomic E-state index is 11.4. The summed E-state index contributed by atoms with van der Waals surface area (Å²) in [5.74, 6) is -0.590. The van der Waals surface area contributed by atoms with Gasteiger partial charge in [-0.2, -0.15) is 0 Å². The lowest BCUT2D eigenvalue weighted by molar-refractivity contribution is -0.145. The first-order valence-corrected chi connectivity index (χ1v) is 5.83. The molecule has 2 rings (SSSR count). The molecule has 0 spiro atoms. The van der Waals surface area contributed by atoms with Crippen molar-refractivity contribution in [2.75, 3.05) is 13.6 Å². The molecule has 0 aromatic rings. The fourth-order valence-corrected chi connectivity index (χ4v) is 3.15. The normalized spacial score (nSPS) is 39.3. The average Bonchev–Trinajstić information content (AvgIpc) is 2.47. The third-order valence-corrected chi connectivity index (χ3v) is 4.58. The summed E-state index contributed by atoms with van der Waals surface area (Å²) in [6.45, 7) is 5.28. The van der Waals surface area contributed by atoms with Crippen LogP contribution < -0.4 is 0 Å². The topological polar surface area (TPSA) is 40.5 Å². The molecule has 3 nitrogen and oxygen atoms in total. The molecule has 2 aliphatic rings. The van der Waals surface area contributed by atoms with E-state index in [4.69, 9.17) is 0 Å². The van der Waals surface area contributed by atoms with Gasteiger partial charge >= 0.3 is 5.97 Å². The first-order chi connectivity index (χ1) is 6.89. The largest absolute Gasteiger partial charge is 0.481 e. The monoisotopic (exact) mass is 211 g/mol. The lowest BCUT2D eigenvalue weighted by Crippen LogP contribution is -2.32. The summed E-state index contributed by atoms with van der Waals surface area (Å²) in [7, 11) is 2.11. The summed E-state index contributed by atoms with van der Waals surface area (Å²) in [4.78, 5) is 13.7. The molecule has 3 heteroatoms. The molecule has 0 radical (unpaired) electrons. The Kier molecular flexibility index (Phi) is 2.34. The molecule has 15 heavy (non-hydrogen) atoms. The summed E-state index contributed by atoms with van der Waals surface area (Å²) in [6, 6.07) is 0.489. The van der Waals surface area contributed by atoms with Gasteiger partial charge in [0.1, 0.15) is 0 Å². The van der Waals surface area contributed by atoms with Crippen LogP contribution in [0.15, 0.2) is 0 Å². The minimum absolute atomic E-state index is 0.00225. The van der Waals surface area contributed by atoms with Crippen molar-refractivity contribution in [3.05, 3.63) is 0 Å². The van der Waals surface area contributed by atoms with Crippen molar-refractivity contribution >= 4 is 5.97 Å². The van der Waals surface area contributed by atoms with Crippen molar-refractivity contribution in [3.63, 3.8) is 0 Å². The Morgan fingerprint density at radius 2 is 2.13 bits per heavy atom. The highest BCUT2D eigenvalue weighted by molar-refractivity contribution is 5.79. The van der Waals surface area contributed by atoms with Gasteiger partial charge in [0.25, 0.3) is 0 Å². The van der Waals surface area contributed by atoms with Gasteiger partial charge in [0.15, 0.2) is 0 Å². The van der Waals surface area contributed by atoms with Gasteiger partial charge in [0.2, 0.25) is 0 Å². The molecule has 1 saturated heterocycles. The maximum atomic E-state index is 11.4. The Morgan fingerprint density at radius 1 is 1.53 bits per heavy atom. The number of hydrogen-bond donors (Lipinski definition) is 1. The minimum Gasteiger partial charge on any atom is -0.481 e. The molecule has 1 saturated carbocycles. The highest BCUT2D eigenvalue weighted by atomic mass is 16.4. The van der Waals surface area contributed by atoms with E-state index in [-0.39, 0.29) is 5.41 Å². The quantitative estimate of drug-likeness (QED) is 0.776. The standard InChI is InChI=1S/C12H21NO2/c1-11(2)8-12(11,10(14)15)7-9-5-4-6-13(9)3/h9H,4-8H2,1-3H3,(H,14,15). The van der Waals surface area contributed by atoms with Crippen LogP contribution >= 0.6 is 0 Å². The SMILES string of the molecule is CN1CCCC1CC1(C(=O)O)CC1(C)C. The van der Waals surface area contributed by atoms with Crippen LogP contribution in [0.2, 0.25) is 0 Å². The van der Waals surface area contributed by atoms with Gasteiger partial charge in [-0.05, 0) is 44.7 Å². The molecule has 1 N–H and O–H groups in total. The molecule has 2 unspecified atom stereocenters. The zero-order chi connectivity index (χ0) is 11.3. The molecule has 0 aromatic heterocycles. The Labute approximate surface area is 91.5 Å². The number of carboxylic acid groups (broad SMARTS) is 1. The molecule has 2 fully saturated rings. The highest BCUT2D eigenvalue weighted by Gasteiger charge is 2.67. The Hall–Kier alpha value is -0.570. The third kappa shape index (κ3) is 1.57. The van der Waals surface area contributed by atoms with Gasteiger partial charge in [-0.25, -0.2) is 0 Å². The second kappa shape index (κ2) is 3.21. The summed E-state index contributed by atoms with van der Waals surface area (Å²) in [6.07, 6.45) is 4.07. The minimum atomic E-state index is -0.590. The van der Waals surface area contributed by atoms with Crippen LogP contribution in [0.5, 0.6) is 0 Å². The smallest absolute Gasteiger partial charge is 0.310 e. The van der Waals surface area contributed by atoms with Crippen molar-refractivity contribution in [2.24, 2.45) is 10.8 Å². The van der Waals surface area contributed by atoms with Crippen molar-refractivity contribution in [1.82, 2.24) is 4.90 Å². The number of rotatable bonds is 3. The average molecular weight is 211 g/mol. The molecule has 1 heterocycles. The predicted molar refractivity (Wildman–Crippen MR) is 58.7 cm³/mol. The van der Waals surface area contributed by atoms with E-state index in [1.54, 1.807) is 0 Å². The second-order valence-electron chi connectivity index (χ2n) is 5.93. The van der Waals surface area contributed by atoms with Gasteiger partial charge in [0.05, 0.1) is 5.41 Å². The first kappa shape index (κ1) is 10.9. The number of carbonyl (C=O) groups is 1. The molecular formula is C12H21NO2. The van der Waals surface area contributed by atoms with Crippen LogP contribution in [0.3, 0.4) is 0 Å². The van der Waals surface area contributed by atoms with Crippen molar-refractivity contribution < 1.29 is 9.90 Å². The van der Waals surface area contributed by atoms with Crippen LogP contribution in [0.25, 0.3) is 0 Å². The summed E-state index contributed by atoms with van der Waals surface area (Å²) >= 11 is 0. The van der Waals surface area contributed by atoms with Crippen molar-refractivity contribution in [3.8, 4) is 0 Å². The van der Waals surface area contributed by atoms with Crippen LogP contribution in [-0.2, 0) is 4.79 Å². The molecule has 0 aromatic carbocycles. The van der Waals surface area contributed by atoms with E-state index in [1.165, 1.54) is 12.8 Å². The van der Waals surface area contributed by atoms with Crippen LogP contribution in [0.4, 0.5) is 0 Å². The lowest BCUT2D eigenvalue weighted by atomic mass is 9.88. The number of carboxylic acids is 1. The Bertz CT molecular complexity index is 287. The molecule has 1 aliphatic carbocycles. The predicted octanol–water partition coefficient (Wildman–Crippen LogP) is 1.97. The zero-order valence-electron chi connectivity index (χ0n) is 9.92. The maximum Gasteiger partial charge on any atom is 0.310 e. The Balaban J connectivity index is 2.07. The summed E-state index contributed by atoms with van der Waals surface area (Å²) < 4.78 is 0. The van der Waals surface area contributed by atoms with E-state index in [2.05, 4.69) is 25.8 Å². The third-order valence-electron chi connectivity index (χ3n) is 4.58. The van der Waals surface area contributed by atoms with Gasteiger partial charge in [-0.3, -0.25) is 4.79 Å². The van der Waals surface area contributed by atoms with Crippen molar-refractivity contribution in [2.45, 2.75) is 45.6 Å². The number of hydrogen-bond acceptors (Lipinski definition) is 2. The van der Waals surface area contributed by atoms with E-state index in [9.17, 15) is 9.90 Å². The molecule has 0 bridgehead atoms.